The largest absolute Gasteiger partial charge is 0.466 e. The van der Waals surface area contributed by atoms with Crippen molar-refractivity contribution in [1.29, 1.82) is 0 Å². The van der Waals surface area contributed by atoms with E-state index in [1.807, 2.05) is 6.07 Å². The molecule has 2 rings (SSSR count). The number of ketones is 1. The molecule has 102 valence electrons. The predicted octanol–water partition coefficient (Wildman–Crippen LogP) is 1.81. The van der Waals surface area contributed by atoms with E-state index in [0.717, 1.165) is 0 Å². The predicted molar refractivity (Wildman–Crippen MR) is 69.3 cm³/mol. The molecule has 0 heterocycles. The zero-order chi connectivity index (χ0) is 13.9. The molecule has 1 saturated carbocycles. The van der Waals surface area contributed by atoms with Crippen LogP contribution < -0.4 is 0 Å². The van der Waals surface area contributed by atoms with Crippen molar-refractivity contribution in [1.82, 2.24) is 0 Å². The van der Waals surface area contributed by atoms with Crippen molar-refractivity contribution in [3.05, 3.63) is 35.9 Å². The van der Waals surface area contributed by atoms with Gasteiger partial charge < -0.3 is 9.84 Å². The maximum Gasteiger partial charge on any atom is 0.312 e. The van der Waals surface area contributed by atoms with Gasteiger partial charge >= 0.3 is 5.97 Å². The summed E-state index contributed by atoms with van der Waals surface area (Å²) < 4.78 is 5.02. The first-order chi connectivity index (χ1) is 9.08. The second-order valence-corrected chi connectivity index (χ2v) is 4.85. The number of aliphatic hydroxyl groups is 1. The summed E-state index contributed by atoms with van der Waals surface area (Å²) in [4.78, 5) is 23.7. The van der Waals surface area contributed by atoms with Gasteiger partial charge in [0, 0.05) is 12.8 Å². The van der Waals surface area contributed by atoms with Crippen LogP contribution in [0, 0.1) is 5.92 Å². The molecule has 4 heteroatoms. The van der Waals surface area contributed by atoms with Crippen LogP contribution in [-0.4, -0.2) is 23.5 Å². The molecule has 4 nitrogen and oxygen atoms in total. The highest BCUT2D eigenvalue weighted by molar-refractivity contribution is 5.85. The third-order valence-corrected chi connectivity index (χ3v) is 3.60. The monoisotopic (exact) mass is 262 g/mol. The van der Waals surface area contributed by atoms with Gasteiger partial charge in [-0.25, -0.2) is 0 Å². The van der Waals surface area contributed by atoms with E-state index in [-0.39, 0.29) is 18.8 Å². The average Bonchev–Trinajstić information content (AvgIpc) is 2.40. The minimum atomic E-state index is -1.44. The van der Waals surface area contributed by atoms with E-state index < -0.39 is 17.5 Å². The molecule has 0 amide bonds. The van der Waals surface area contributed by atoms with Crippen LogP contribution in [0.3, 0.4) is 0 Å². The molecule has 0 aromatic heterocycles. The molecule has 1 fully saturated rings. The molecule has 0 spiro atoms. The number of Topliss-reactive ketones (excluding diaryl/α,β-unsaturated/α-hetero) is 1. The molecule has 0 radical (unpaired) electrons. The second-order valence-electron chi connectivity index (χ2n) is 4.85. The fourth-order valence-corrected chi connectivity index (χ4v) is 2.64. The first kappa shape index (κ1) is 13.7. The van der Waals surface area contributed by atoms with Crippen LogP contribution in [0.5, 0.6) is 0 Å². The fourth-order valence-electron chi connectivity index (χ4n) is 2.64. The maximum atomic E-state index is 12.0. The van der Waals surface area contributed by atoms with Crippen LogP contribution in [0.2, 0.25) is 0 Å². The Hall–Kier alpha value is -1.68. The highest BCUT2D eigenvalue weighted by Gasteiger charge is 2.47. The van der Waals surface area contributed by atoms with Gasteiger partial charge in [0.05, 0.1) is 12.5 Å². The Kier molecular flexibility index (Phi) is 4.00. The minimum absolute atomic E-state index is 0.0214. The van der Waals surface area contributed by atoms with Crippen molar-refractivity contribution in [2.45, 2.75) is 31.8 Å². The number of rotatable bonds is 3. The third kappa shape index (κ3) is 2.68. The number of esters is 1. The van der Waals surface area contributed by atoms with Gasteiger partial charge in [0.25, 0.3) is 0 Å². The first-order valence-corrected chi connectivity index (χ1v) is 6.54. The van der Waals surface area contributed by atoms with Gasteiger partial charge in [-0.3, -0.25) is 9.59 Å². The molecule has 1 aromatic rings. The summed E-state index contributed by atoms with van der Waals surface area (Å²) in [5.74, 6) is -1.12. The summed E-state index contributed by atoms with van der Waals surface area (Å²) in [6.07, 6.45) is 0.627. The number of hydrogen-bond donors (Lipinski definition) is 1. The summed E-state index contributed by atoms with van der Waals surface area (Å²) in [5.41, 5.74) is -0.843. The maximum absolute atomic E-state index is 12.0. The zero-order valence-electron chi connectivity index (χ0n) is 11.0. The van der Waals surface area contributed by atoms with Gasteiger partial charge in [0.2, 0.25) is 0 Å². The molecule has 0 aliphatic heterocycles. The van der Waals surface area contributed by atoms with Gasteiger partial charge in [-0.1, -0.05) is 30.3 Å². The Balaban J connectivity index is 2.35. The summed E-state index contributed by atoms with van der Waals surface area (Å²) >= 11 is 0. The zero-order valence-corrected chi connectivity index (χ0v) is 11.0. The normalized spacial score (nSPS) is 27.1. The van der Waals surface area contributed by atoms with E-state index in [1.165, 1.54) is 0 Å². The van der Waals surface area contributed by atoms with E-state index >= 15 is 0 Å². The molecular weight excluding hydrogens is 244 g/mol. The van der Waals surface area contributed by atoms with Crippen LogP contribution in [0.4, 0.5) is 0 Å². The van der Waals surface area contributed by atoms with Gasteiger partial charge in [0.1, 0.15) is 11.4 Å². The summed E-state index contributed by atoms with van der Waals surface area (Å²) in [7, 11) is 0. The number of carbonyl (C=O) groups is 2. The topological polar surface area (TPSA) is 63.6 Å². The van der Waals surface area contributed by atoms with Gasteiger partial charge in [0.15, 0.2) is 0 Å². The molecule has 2 atom stereocenters. The quantitative estimate of drug-likeness (QED) is 0.844. The van der Waals surface area contributed by atoms with Gasteiger partial charge in [-0.05, 0) is 18.9 Å². The summed E-state index contributed by atoms with van der Waals surface area (Å²) in [6.45, 7) is 2.00. The second kappa shape index (κ2) is 5.53. The lowest BCUT2D eigenvalue weighted by molar-refractivity contribution is -0.165. The van der Waals surface area contributed by atoms with Crippen molar-refractivity contribution < 1.29 is 19.4 Å². The minimum Gasteiger partial charge on any atom is -0.466 e. The Bertz CT molecular complexity index is 468. The van der Waals surface area contributed by atoms with E-state index in [1.54, 1.807) is 31.2 Å². The van der Waals surface area contributed by atoms with Crippen molar-refractivity contribution in [2.24, 2.45) is 5.92 Å². The van der Waals surface area contributed by atoms with Crippen molar-refractivity contribution in [2.75, 3.05) is 6.61 Å². The van der Waals surface area contributed by atoms with Gasteiger partial charge in [-0.15, -0.1) is 0 Å². The molecule has 1 N–H and O–H groups in total. The van der Waals surface area contributed by atoms with Crippen molar-refractivity contribution in [3.8, 4) is 0 Å². The van der Waals surface area contributed by atoms with E-state index in [0.29, 0.717) is 18.4 Å². The Labute approximate surface area is 112 Å². The highest BCUT2D eigenvalue weighted by Crippen LogP contribution is 2.40. The van der Waals surface area contributed by atoms with Crippen LogP contribution in [-0.2, 0) is 19.9 Å². The number of ether oxygens (including phenoxy) is 1. The fraction of sp³-hybridized carbons (Fsp3) is 0.467. The molecule has 1 aromatic carbocycles. The van der Waals surface area contributed by atoms with Gasteiger partial charge in [-0.2, -0.15) is 0 Å². The Morgan fingerprint density at radius 1 is 1.42 bits per heavy atom. The summed E-state index contributed by atoms with van der Waals surface area (Å²) in [6, 6.07) is 8.88. The lowest BCUT2D eigenvalue weighted by atomic mass is 9.71. The van der Waals surface area contributed by atoms with Crippen molar-refractivity contribution >= 4 is 11.8 Å². The Morgan fingerprint density at radius 3 is 2.74 bits per heavy atom. The molecule has 0 saturated heterocycles. The standard InChI is InChI=1S/C15H18O4/c1-2-19-14(17)13-9-8-12(16)10-15(13,18)11-6-4-3-5-7-11/h3-7,13,18H,2,8-10H2,1H3/t13-,15+/m0/s1. The van der Waals surface area contributed by atoms with Crippen LogP contribution in [0.15, 0.2) is 30.3 Å². The van der Waals surface area contributed by atoms with E-state index in [2.05, 4.69) is 0 Å². The SMILES string of the molecule is CCOC(=O)[C@@H]1CCC(=O)C[C@@]1(O)c1ccccc1. The molecule has 19 heavy (non-hydrogen) atoms. The molecule has 1 aliphatic carbocycles. The number of hydrogen-bond acceptors (Lipinski definition) is 4. The van der Waals surface area contributed by atoms with Crippen molar-refractivity contribution in [3.63, 3.8) is 0 Å². The molecular formula is C15H18O4. The smallest absolute Gasteiger partial charge is 0.312 e. The summed E-state index contributed by atoms with van der Waals surface area (Å²) in [5, 5.41) is 10.8. The Morgan fingerprint density at radius 2 is 2.11 bits per heavy atom. The molecule has 0 unspecified atom stereocenters. The van der Waals surface area contributed by atoms with E-state index in [4.69, 9.17) is 4.74 Å². The lowest BCUT2D eigenvalue weighted by Crippen LogP contribution is -2.45. The molecule has 1 aliphatic rings. The average molecular weight is 262 g/mol. The molecule has 0 bridgehead atoms. The number of benzene rings is 1. The first-order valence-electron chi connectivity index (χ1n) is 6.54. The van der Waals surface area contributed by atoms with Crippen LogP contribution in [0.25, 0.3) is 0 Å². The highest BCUT2D eigenvalue weighted by atomic mass is 16.5. The third-order valence-electron chi connectivity index (χ3n) is 3.60. The van der Waals surface area contributed by atoms with Crippen LogP contribution in [0.1, 0.15) is 31.7 Å². The number of carbonyl (C=O) groups excluding carboxylic acids is 2. The van der Waals surface area contributed by atoms with Crippen LogP contribution >= 0.6 is 0 Å². The van der Waals surface area contributed by atoms with E-state index in [9.17, 15) is 14.7 Å². The lowest BCUT2D eigenvalue weighted by Gasteiger charge is -2.38.